The van der Waals surface area contributed by atoms with Gasteiger partial charge >= 0.3 is 0 Å². The molecule has 7 heteroatoms. The molecule has 3 heterocycles. The molecule has 170 valence electrons. The Kier molecular flexibility index (Phi) is 5.81. The number of piperazine rings is 1. The van der Waals surface area contributed by atoms with Gasteiger partial charge in [-0.1, -0.05) is 30.3 Å². The number of anilines is 1. The second-order valence-corrected chi connectivity index (χ2v) is 9.43. The Hall–Kier alpha value is -3.32. The second kappa shape index (κ2) is 8.90. The van der Waals surface area contributed by atoms with Gasteiger partial charge < -0.3 is 19.4 Å². The van der Waals surface area contributed by atoms with Crippen molar-refractivity contribution in [2.45, 2.75) is 12.0 Å². The minimum atomic E-state index is -0.411. The fourth-order valence-electron chi connectivity index (χ4n) is 4.94. The number of fused-ring (bicyclic) bond motifs is 1. The Balaban J connectivity index is 1.42. The lowest BCUT2D eigenvalue weighted by Crippen LogP contribution is -2.53. The fraction of sp³-hybridized carbons (Fsp3) is 0.308. The molecule has 33 heavy (non-hydrogen) atoms. The van der Waals surface area contributed by atoms with Gasteiger partial charge in [-0.15, -0.1) is 11.3 Å². The number of nitrogens with zero attached hydrogens (tertiary/aromatic N) is 3. The summed E-state index contributed by atoms with van der Waals surface area (Å²) < 4.78 is 5.36. The van der Waals surface area contributed by atoms with Crippen LogP contribution in [0.4, 0.5) is 5.69 Å². The highest BCUT2D eigenvalue weighted by Gasteiger charge is 2.44. The summed E-state index contributed by atoms with van der Waals surface area (Å²) in [5.74, 6) is 0.476. The van der Waals surface area contributed by atoms with Crippen LogP contribution >= 0.6 is 11.3 Å². The van der Waals surface area contributed by atoms with E-state index in [2.05, 4.69) is 11.0 Å². The lowest BCUT2D eigenvalue weighted by molar-refractivity contribution is -0.134. The number of amides is 2. The maximum absolute atomic E-state index is 14.0. The van der Waals surface area contributed by atoms with Crippen LogP contribution in [0, 0.1) is 0 Å². The number of benzene rings is 2. The standard InChI is InChI=1S/C26H27N3O3S/c1-27-24(22-11-6-16-33-22)23(20-9-3-4-10-21(20)25(27)30)26(31)29-14-12-28(13-15-29)18-7-5-8-19(17-18)32-2/h3-11,16-17,23-24H,12-15H2,1-2H3/t23-,24-/m0/s1. The molecule has 1 saturated heterocycles. The molecule has 3 aromatic rings. The second-order valence-electron chi connectivity index (χ2n) is 8.46. The summed E-state index contributed by atoms with van der Waals surface area (Å²) in [5.41, 5.74) is 2.56. The molecule has 0 spiro atoms. The van der Waals surface area contributed by atoms with E-state index in [4.69, 9.17) is 4.74 Å². The van der Waals surface area contributed by atoms with E-state index in [1.165, 1.54) is 0 Å². The van der Waals surface area contributed by atoms with Gasteiger partial charge in [-0.2, -0.15) is 0 Å². The summed E-state index contributed by atoms with van der Waals surface area (Å²) in [6.07, 6.45) is 0. The Morgan fingerprint density at radius 2 is 1.79 bits per heavy atom. The predicted octanol–water partition coefficient (Wildman–Crippen LogP) is 4.02. The summed E-state index contributed by atoms with van der Waals surface area (Å²) in [4.78, 5) is 34.1. The molecular weight excluding hydrogens is 434 g/mol. The van der Waals surface area contributed by atoms with Crippen LogP contribution in [0.25, 0.3) is 0 Å². The average molecular weight is 462 g/mol. The SMILES string of the molecule is COc1cccc(N2CCN(C(=O)[C@H]3c4ccccc4C(=O)N(C)[C@H]3c3cccs3)CC2)c1. The molecule has 6 nitrogen and oxygen atoms in total. The monoisotopic (exact) mass is 461 g/mol. The molecule has 0 N–H and O–H groups in total. The quantitative estimate of drug-likeness (QED) is 0.589. The number of carbonyl (C=O) groups excluding carboxylic acids is 2. The lowest BCUT2D eigenvalue weighted by Gasteiger charge is -2.43. The molecule has 1 fully saturated rings. The minimum Gasteiger partial charge on any atom is -0.497 e. The van der Waals surface area contributed by atoms with Crippen molar-refractivity contribution in [3.8, 4) is 5.75 Å². The zero-order valence-corrected chi connectivity index (χ0v) is 19.6. The molecule has 0 unspecified atom stereocenters. The lowest BCUT2D eigenvalue weighted by atomic mass is 9.81. The summed E-state index contributed by atoms with van der Waals surface area (Å²) in [7, 11) is 3.48. The van der Waals surface area contributed by atoms with Gasteiger partial charge in [0.2, 0.25) is 5.91 Å². The minimum absolute atomic E-state index is 0.0316. The number of hydrogen-bond donors (Lipinski definition) is 0. The molecule has 2 amide bonds. The van der Waals surface area contributed by atoms with Crippen molar-refractivity contribution in [1.82, 2.24) is 9.80 Å². The summed E-state index contributed by atoms with van der Waals surface area (Å²) in [6, 6.07) is 19.3. The molecule has 2 aliphatic rings. The summed E-state index contributed by atoms with van der Waals surface area (Å²) in [6.45, 7) is 2.80. The summed E-state index contributed by atoms with van der Waals surface area (Å²) >= 11 is 1.59. The highest BCUT2D eigenvalue weighted by Crippen LogP contribution is 2.44. The Morgan fingerprint density at radius 1 is 1.00 bits per heavy atom. The molecule has 5 rings (SSSR count). The van der Waals surface area contributed by atoms with Crippen LogP contribution in [0.15, 0.2) is 66.0 Å². The molecule has 2 aliphatic heterocycles. The molecule has 1 aromatic heterocycles. The molecule has 0 aliphatic carbocycles. The van der Waals surface area contributed by atoms with Crippen LogP contribution in [0.3, 0.4) is 0 Å². The van der Waals surface area contributed by atoms with Gasteiger partial charge in [0.25, 0.3) is 5.91 Å². The zero-order valence-electron chi connectivity index (χ0n) is 18.8. The third-order valence-electron chi connectivity index (χ3n) is 6.69. The van der Waals surface area contributed by atoms with Gasteiger partial charge in [0.15, 0.2) is 0 Å². The molecule has 0 bridgehead atoms. The maximum atomic E-state index is 14.0. The first kappa shape index (κ1) is 21.5. The van der Waals surface area contributed by atoms with Gasteiger partial charge in [-0.25, -0.2) is 0 Å². The number of thiophene rings is 1. The highest BCUT2D eigenvalue weighted by atomic mass is 32.1. The maximum Gasteiger partial charge on any atom is 0.254 e. The normalized spacial score (nSPS) is 20.5. The third kappa shape index (κ3) is 3.86. The number of hydrogen-bond acceptors (Lipinski definition) is 5. The van der Waals surface area contributed by atoms with Crippen molar-refractivity contribution in [3.63, 3.8) is 0 Å². The van der Waals surface area contributed by atoms with Crippen molar-refractivity contribution in [2.75, 3.05) is 45.2 Å². The number of ether oxygens (including phenoxy) is 1. The van der Waals surface area contributed by atoms with Crippen LogP contribution in [-0.4, -0.2) is 62.0 Å². The number of carbonyl (C=O) groups is 2. The van der Waals surface area contributed by atoms with E-state index in [1.807, 2.05) is 71.9 Å². The Morgan fingerprint density at radius 3 is 2.52 bits per heavy atom. The van der Waals surface area contributed by atoms with Crippen molar-refractivity contribution in [3.05, 3.63) is 82.0 Å². The van der Waals surface area contributed by atoms with Crippen molar-refractivity contribution >= 4 is 28.8 Å². The molecule has 2 aromatic carbocycles. The Labute approximate surface area is 198 Å². The summed E-state index contributed by atoms with van der Waals surface area (Å²) in [5, 5.41) is 2.00. The van der Waals surface area contributed by atoms with Crippen LogP contribution in [0.2, 0.25) is 0 Å². The van der Waals surface area contributed by atoms with E-state index in [-0.39, 0.29) is 17.9 Å². The van der Waals surface area contributed by atoms with E-state index in [0.29, 0.717) is 18.7 Å². The molecule has 0 saturated carbocycles. The Bertz CT molecular complexity index is 1160. The number of rotatable bonds is 4. The topological polar surface area (TPSA) is 53.1 Å². The van der Waals surface area contributed by atoms with E-state index in [0.717, 1.165) is 35.0 Å². The molecule has 2 atom stereocenters. The number of likely N-dealkylation sites (N-methyl/N-ethyl adjacent to an activating group) is 1. The molecular formula is C26H27N3O3S. The third-order valence-corrected chi connectivity index (χ3v) is 7.63. The van der Waals surface area contributed by atoms with Gasteiger partial charge in [-0.3, -0.25) is 9.59 Å². The van der Waals surface area contributed by atoms with E-state index < -0.39 is 5.92 Å². The first-order valence-corrected chi connectivity index (χ1v) is 12.0. The van der Waals surface area contributed by atoms with Gasteiger partial charge in [0, 0.05) is 55.4 Å². The average Bonchev–Trinajstić information content (AvgIpc) is 3.40. The first-order valence-electron chi connectivity index (χ1n) is 11.2. The predicted molar refractivity (Wildman–Crippen MR) is 130 cm³/mol. The zero-order chi connectivity index (χ0) is 22.9. The first-order chi connectivity index (χ1) is 16.1. The van der Waals surface area contributed by atoms with Crippen molar-refractivity contribution < 1.29 is 14.3 Å². The highest BCUT2D eigenvalue weighted by molar-refractivity contribution is 7.10. The van der Waals surface area contributed by atoms with E-state index >= 15 is 0 Å². The molecule has 0 radical (unpaired) electrons. The van der Waals surface area contributed by atoms with Crippen molar-refractivity contribution in [2.24, 2.45) is 0 Å². The smallest absolute Gasteiger partial charge is 0.254 e. The van der Waals surface area contributed by atoms with Crippen LogP contribution in [0.1, 0.15) is 32.8 Å². The largest absolute Gasteiger partial charge is 0.497 e. The fourth-order valence-corrected chi connectivity index (χ4v) is 5.85. The van der Waals surface area contributed by atoms with Gasteiger partial charge in [0.1, 0.15) is 5.75 Å². The number of methoxy groups -OCH3 is 1. The van der Waals surface area contributed by atoms with Crippen LogP contribution in [-0.2, 0) is 4.79 Å². The van der Waals surface area contributed by atoms with E-state index in [1.54, 1.807) is 23.3 Å². The van der Waals surface area contributed by atoms with Gasteiger partial charge in [0.05, 0.1) is 19.1 Å². The van der Waals surface area contributed by atoms with Crippen molar-refractivity contribution in [1.29, 1.82) is 0 Å². The van der Waals surface area contributed by atoms with Gasteiger partial charge in [-0.05, 0) is 35.2 Å². The van der Waals surface area contributed by atoms with E-state index in [9.17, 15) is 9.59 Å². The van der Waals surface area contributed by atoms with Crippen LogP contribution < -0.4 is 9.64 Å². The van der Waals surface area contributed by atoms with Crippen LogP contribution in [0.5, 0.6) is 5.75 Å².